The number of alkyl halides is 3. The summed E-state index contributed by atoms with van der Waals surface area (Å²) in [5.41, 5.74) is -0.755. The van der Waals surface area contributed by atoms with Gasteiger partial charge in [-0.1, -0.05) is 30.7 Å². The average molecular weight is 453 g/mol. The fourth-order valence-corrected chi connectivity index (χ4v) is 4.57. The molecule has 0 aliphatic heterocycles. The van der Waals surface area contributed by atoms with Crippen LogP contribution in [0.3, 0.4) is 0 Å². The monoisotopic (exact) mass is 452 g/mol. The minimum Gasteiger partial charge on any atom is -0.383 e. The van der Waals surface area contributed by atoms with Crippen molar-refractivity contribution in [2.75, 3.05) is 20.3 Å². The van der Waals surface area contributed by atoms with Crippen LogP contribution in [0.2, 0.25) is 5.02 Å². The number of halogens is 4. The average Bonchev–Trinajstić information content (AvgIpc) is 2.65. The van der Waals surface area contributed by atoms with Crippen molar-refractivity contribution in [3.05, 3.63) is 63.5 Å². The topological polar surface area (TPSA) is 68.6 Å². The highest BCUT2D eigenvalue weighted by atomic mass is 35.5. The maximum absolute atomic E-state index is 13.9. The summed E-state index contributed by atoms with van der Waals surface area (Å²) >= 11 is 5.75. The Hall–Kier alpha value is -1.88. The van der Waals surface area contributed by atoms with E-state index in [0.717, 1.165) is 35.0 Å². The third-order valence-electron chi connectivity index (χ3n) is 4.19. The van der Waals surface area contributed by atoms with Gasteiger partial charge in [-0.15, -0.1) is 0 Å². The number of pyridine rings is 1. The van der Waals surface area contributed by atoms with Crippen LogP contribution in [0.5, 0.6) is 0 Å². The second-order valence-electron chi connectivity index (χ2n) is 6.09. The highest BCUT2D eigenvalue weighted by Gasteiger charge is 2.48. The molecule has 29 heavy (non-hydrogen) atoms. The third kappa shape index (κ3) is 5.39. The van der Waals surface area contributed by atoms with E-state index in [1.807, 2.05) is 0 Å². The lowest BCUT2D eigenvalue weighted by atomic mass is 10.1. The van der Waals surface area contributed by atoms with E-state index in [2.05, 4.69) is 0 Å². The second-order valence-corrected chi connectivity index (χ2v) is 8.42. The fourth-order valence-electron chi connectivity index (χ4n) is 2.82. The molecule has 1 atom stereocenters. The van der Waals surface area contributed by atoms with E-state index in [1.54, 1.807) is 0 Å². The van der Waals surface area contributed by atoms with Gasteiger partial charge in [0.05, 0.1) is 11.5 Å². The van der Waals surface area contributed by atoms with Crippen molar-refractivity contribution in [2.24, 2.45) is 0 Å². The van der Waals surface area contributed by atoms with E-state index >= 15 is 0 Å². The molecule has 2 rings (SSSR count). The van der Waals surface area contributed by atoms with Crippen LogP contribution >= 0.6 is 11.6 Å². The highest BCUT2D eigenvalue weighted by Crippen LogP contribution is 2.40. The molecule has 1 aromatic heterocycles. The molecule has 0 radical (unpaired) electrons. The van der Waals surface area contributed by atoms with E-state index in [0.29, 0.717) is 4.31 Å². The maximum Gasteiger partial charge on any atom is 0.409 e. The molecular formula is C18H20ClF3N2O4S. The number of hydrogen-bond donors (Lipinski definition) is 0. The lowest BCUT2D eigenvalue weighted by molar-refractivity contribution is -0.173. The molecule has 0 fully saturated rings. The van der Waals surface area contributed by atoms with Gasteiger partial charge in [-0.05, 0) is 23.8 Å². The number of benzene rings is 1. The molecule has 0 bridgehead atoms. The van der Waals surface area contributed by atoms with E-state index in [9.17, 15) is 26.4 Å². The Morgan fingerprint density at radius 2 is 1.79 bits per heavy atom. The minimum atomic E-state index is -4.87. The molecule has 0 spiro atoms. The Morgan fingerprint density at radius 1 is 1.17 bits per heavy atom. The van der Waals surface area contributed by atoms with Crippen LogP contribution in [0.15, 0.2) is 52.3 Å². The van der Waals surface area contributed by atoms with Gasteiger partial charge >= 0.3 is 6.18 Å². The zero-order valence-corrected chi connectivity index (χ0v) is 17.3. The van der Waals surface area contributed by atoms with Crippen molar-refractivity contribution >= 4 is 21.6 Å². The summed E-state index contributed by atoms with van der Waals surface area (Å²) in [7, 11) is -3.17. The van der Waals surface area contributed by atoms with Gasteiger partial charge in [-0.2, -0.15) is 17.5 Å². The van der Waals surface area contributed by atoms with Crippen molar-refractivity contribution < 1.29 is 26.3 Å². The Bertz CT molecular complexity index is 991. The van der Waals surface area contributed by atoms with Crippen LogP contribution in [0.1, 0.15) is 18.5 Å². The minimum absolute atomic E-state index is 0.0602. The summed E-state index contributed by atoms with van der Waals surface area (Å²) in [5, 5.41) is 0.228. The van der Waals surface area contributed by atoms with E-state index in [1.165, 1.54) is 26.2 Å². The standard InChI is InChI=1S/C18H20ClF3N2O4S/c1-3-24(17(18(20,21)22)13-4-6-14(19)7-5-13)29(26,27)15-8-9-16(25)23(12-15)10-11-28-2/h4-9,12,17H,3,10-11H2,1-2H3. The predicted octanol–water partition coefficient (Wildman–Crippen LogP) is 3.46. The Labute approximate surface area is 171 Å². The molecule has 0 aliphatic carbocycles. The molecule has 0 aliphatic rings. The lowest BCUT2D eigenvalue weighted by Gasteiger charge is -2.32. The third-order valence-corrected chi connectivity index (χ3v) is 6.37. The number of aromatic nitrogens is 1. The van der Waals surface area contributed by atoms with Crippen molar-refractivity contribution in [1.29, 1.82) is 0 Å². The van der Waals surface area contributed by atoms with Crippen molar-refractivity contribution in [3.8, 4) is 0 Å². The lowest BCUT2D eigenvalue weighted by Crippen LogP contribution is -2.42. The van der Waals surface area contributed by atoms with E-state index < -0.39 is 39.2 Å². The van der Waals surface area contributed by atoms with Gasteiger partial charge < -0.3 is 9.30 Å². The first-order valence-electron chi connectivity index (χ1n) is 8.55. The zero-order chi connectivity index (χ0) is 21.8. The van der Waals surface area contributed by atoms with Gasteiger partial charge in [0.1, 0.15) is 6.04 Å². The van der Waals surface area contributed by atoms with Gasteiger partial charge in [-0.3, -0.25) is 4.79 Å². The molecule has 2 aromatic rings. The quantitative estimate of drug-likeness (QED) is 0.615. The number of hydrogen-bond acceptors (Lipinski definition) is 4. The van der Waals surface area contributed by atoms with Gasteiger partial charge in [0.15, 0.2) is 0 Å². The molecule has 0 saturated carbocycles. The highest BCUT2D eigenvalue weighted by molar-refractivity contribution is 7.89. The van der Waals surface area contributed by atoms with Crippen LogP contribution in [-0.4, -0.2) is 43.7 Å². The van der Waals surface area contributed by atoms with Crippen molar-refractivity contribution in [2.45, 2.75) is 30.6 Å². The normalized spacial score (nSPS) is 13.6. The van der Waals surface area contributed by atoms with Crippen LogP contribution in [-0.2, 0) is 21.3 Å². The van der Waals surface area contributed by atoms with Gasteiger partial charge in [0.2, 0.25) is 10.0 Å². The van der Waals surface area contributed by atoms with E-state index in [-0.39, 0.29) is 23.7 Å². The summed E-state index contributed by atoms with van der Waals surface area (Å²) in [5.74, 6) is 0. The van der Waals surface area contributed by atoms with Gasteiger partial charge in [-0.25, -0.2) is 8.42 Å². The van der Waals surface area contributed by atoms with Crippen molar-refractivity contribution in [1.82, 2.24) is 8.87 Å². The summed E-state index contributed by atoms with van der Waals surface area (Å²) in [6, 6.07) is 4.40. The summed E-state index contributed by atoms with van der Waals surface area (Å²) in [6.07, 6.45) is -3.85. The largest absolute Gasteiger partial charge is 0.409 e. The molecule has 0 amide bonds. The maximum atomic E-state index is 13.9. The Kier molecular flexibility index (Phi) is 7.50. The van der Waals surface area contributed by atoms with Gasteiger partial charge in [0, 0.05) is 37.5 Å². The predicted molar refractivity (Wildman–Crippen MR) is 102 cm³/mol. The van der Waals surface area contributed by atoms with Crippen LogP contribution in [0.25, 0.3) is 0 Å². The Morgan fingerprint density at radius 3 is 2.31 bits per heavy atom. The van der Waals surface area contributed by atoms with Crippen LogP contribution < -0.4 is 5.56 Å². The zero-order valence-electron chi connectivity index (χ0n) is 15.7. The molecule has 1 unspecified atom stereocenters. The number of methoxy groups -OCH3 is 1. The molecular weight excluding hydrogens is 433 g/mol. The first kappa shape index (κ1) is 23.4. The summed E-state index contributed by atoms with van der Waals surface area (Å²) in [4.78, 5) is 11.5. The first-order chi connectivity index (χ1) is 13.5. The number of sulfonamides is 1. The summed E-state index contributed by atoms with van der Waals surface area (Å²) in [6.45, 7) is 1.07. The number of nitrogens with zero attached hydrogens (tertiary/aromatic N) is 2. The molecule has 6 nitrogen and oxygen atoms in total. The first-order valence-corrected chi connectivity index (χ1v) is 10.4. The molecule has 11 heteroatoms. The number of ether oxygens (including phenoxy) is 1. The van der Waals surface area contributed by atoms with E-state index in [4.69, 9.17) is 16.3 Å². The molecule has 1 heterocycles. The SMILES string of the molecule is CCN(C(c1ccc(Cl)cc1)C(F)(F)F)S(=O)(=O)c1ccc(=O)n(CCOC)c1. The number of rotatable bonds is 8. The van der Waals surface area contributed by atoms with Crippen molar-refractivity contribution in [3.63, 3.8) is 0 Å². The molecule has 1 aromatic carbocycles. The Balaban J connectivity index is 2.56. The smallest absolute Gasteiger partial charge is 0.383 e. The van der Waals surface area contributed by atoms with Gasteiger partial charge in [0.25, 0.3) is 5.56 Å². The molecule has 0 N–H and O–H groups in total. The van der Waals surface area contributed by atoms with Crippen LogP contribution in [0.4, 0.5) is 13.2 Å². The summed E-state index contributed by atoms with van der Waals surface area (Å²) < 4.78 is 74.1. The molecule has 160 valence electrons. The second kappa shape index (κ2) is 9.29. The van der Waals surface area contributed by atoms with Crippen LogP contribution in [0, 0.1) is 0 Å². The fraction of sp³-hybridized carbons (Fsp3) is 0.389. The molecule has 0 saturated heterocycles.